The van der Waals surface area contributed by atoms with Crippen LogP contribution < -0.4 is 5.32 Å². The zero-order valence-corrected chi connectivity index (χ0v) is 14.9. The van der Waals surface area contributed by atoms with Gasteiger partial charge in [0, 0.05) is 19.7 Å². The van der Waals surface area contributed by atoms with Gasteiger partial charge in [-0.25, -0.2) is 0 Å². The van der Waals surface area contributed by atoms with Gasteiger partial charge in [0.2, 0.25) is 11.8 Å². The lowest BCUT2D eigenvalue weighted by Crippen LogP contribution is -2.51. The van der Waals surface area contributed by atoms with E-state index in [1.165, 1.54) is 5.56 Å². The standard InChI is InChI=1S/C20H28N2O3/c1-15(21-19(23)18-8-5-13-25-18)20(24)22-11-9-17(10-12-22)14-16-6-3-2-4-7-16/h2-4,6-7,15,17-18H,5,8-14H2,1H3,(H,21,23)/t15-,18?/m0/s1. The van der Waals surface area contributed by atoms with E-state index in [1.54, 1.807) is 6.92 Å². The molecule has 1 unspecified atom stereocenters. The molecule has 2 aliphatic heterocycles. The van der Waals surface area contributed by atoms with Crippen LogP contribution in [0.2, 0.25) is 0 Å². The Balaban J connectivity index is 1.43. The van der Waals surface area contributed by atoms with E-state index in [0.717, 1.165) is 45.2 Å². The SMILES string of the molecule is C[C@H](NC(=O)C1CCCO1)C(=O)N1CCC(Cc2ccccc2)CC1. The smallest absolute Gasteiger partial charge is 0.249 e. The molecule has 0 bridgehead atoms. The second kappa shape index (κ2) is 8.48. The molecule has 136 valence electrons. The number of amides is 2. The van der Waals surface area contributed by atoms with Crippen molar-refractivity contribution >= 4 is 11.8 Å². The van der Waals surface area contributed by atoms with Gasteiger partial charge in [-0.3, -0.25) is 9.59 Å². The molecule has 3 rings (SSSR count). The van der Waals surface area contributed by atoms with Crippen LogP contribution >= 0.6 is 0 Å². The predicted molar refractivity (Wildman–Crippen MR) is 96.0 cm³/mol. The van der Waals surface area contributed by atoms with E-state index in [1.807, 2.05) is 11.0 Å². The average Bonchev–Trinajstić information content (AvgIpc) is 3.17. The number of hydrogen-bond donors (Lipinski definition) is 1. The van der Waals surface area contributed by atoms with Crippen LogP contribution in [0.4, 0.5) is 0 Å². The van der Waals surface area contributed by atoms with Crippen molar-refractivity contribution in [2.24, 2.45) is 5.92 Å². The van der Waals surface area contributed by atoms with E-state index >= 15 is 0 Å². The maximum atomic E-state index is 12.6. The van der Waals surface area contributed by atoms with Gasteiger partial charge in [-0.15, -0.1) is 0 Å². The van der Waals surface area contributed by atoms with Crippen LogP contribution in [0.1, 0.15) is 38.2 Å². The van der Waals surface area contributed by atoms with Crippen molar-refractivity contribution < 1.29 is 14.3 Å². The van der Waals surface area contributed by atoms with Crippen LogP contribution in [0.5, 0.6) is 0 Å². The predicted octanol–water partition coefficient (Wildman–Crippen LogP) is 2.15. The van der Waals surface area contributed by atoms with Crippen LogP contribution in [0.15, 0.2) is 30.3 Å². The van der Waals surface area contributed by atoms with E-state index in [0.29, 0.717) is 12.5 Å². The van der Waals surface area contributed by atoms with E-state index in [2.05, 4.69) is 29.6 Å². The molecule has 0 spiro atoms. The van der Waals surface area contributed by atoms with Gasteiger partial charge in [-0.05, 0) is 50.5 Å². The highest BCUT2D eigenvalue weighted by Gasteiger charge is 2.30. The monoisotopic (exact) mass is 344 g/mol. The van der Waals surface area contributed by atoms with E-state index in [9.17, 15) is 9.59 Å². The third kappa shape index (κ3) is 4.82. The molecule has 2 heterocycles. The van der Waals surface area contributed by atoms with Crippen molar-refractivity contribution in [2.75, 3.05) is 19.7 Å². The number of ether oxygens (including phenoxy) is 1. The van der Waals surface area contributed by atoms with Crippen molar-refractivity contribution in [3.63, 3.8) is 0 Å². The summed E-state index contributed by atoms with van der Waals surface area (Å²) in [6, 6.07) is 10.0. The molecule has 2 fully saturated rings. The summed E-state index contributed by atoms with van der Waals surface area (Å²) in [5, 5.41) is 2.81. The molecule has 5 heteroatoms. The molecule has 2 aliphatic rings. The lowest BCUT2D eigenvalue weighted by molar-refractivity contribution is -0.139. The van der Waals surface area contributed by atoms with E-state index in [4.69, 9.17) is 4.74 Å². The summed E-state index contributed by atoms with van der Waals surface area (Å²) in [6.07, 6.45) is 4.40. The largest absolute Gasteiger partial charge is 0.368 e. The van der Waals surface area contributed by atoms with E-state index < -0.39 is 6.04 Å². The topological polar surface area (TPSA) is 58.6 Å². The zero-order chi connectivity index (χ0) is 17.6. The first-order valence-electron chi connectivity index (χ1n) is 9.38. The Hall–Kier alpha value is -1.88. The van der Waals surface area contributed by atoms with E-state index in [-0.39, 0.29) is 17.9 Å². The quantitative estimate of drug-likeness (QED) is 0.890. The molecule has 2 amide bonds. The first-order chi connectivity index (χ1) is 12.1. The van der Waals surface area contributed by atoms with Crippen molar-refractivity contribution in [3.05, 3.63) is 35.9 Å². The summed E-state index contributed by atoms with van der Waals surface area (Å²) in [5.41, 5.74) is 1.37. The normalized spacial score (nSPS) is 22.6. The van der Waals surface area contributed by atoms with Crippen molar-refractivity contribution in [1.29, 1.82) is 0 Å². The van der Waals surface area contributed by atoms with Gasteiger partial charge in [0.05, 0.1) is 0 Å². The highest BCUT2D eigenvalue weighted by atomic mass is 16.5. The highest BCUT2D eigenvalue weighted by Crippen LogP contribution is 2.22. The summed E-state index contributed by atoms with van der Waals surface area (Å²) in [6.45, 7) is 3.95. The molecular formula is C20H28N2O3. The van der Waals surface area contributed by atoms with Crippen LogP contribution in [0, 0.1) is 5.92 Å². The number of rotatable bonds is 5. The Morgan fingerprint density at radius 2 is 1.92 bits per heavy atom. The number of carbonyl (C=O) groups is 2. The number of nitrogens with one attached hydrogen (secondary N) is 1. The lowest BCUT2D eigenvalue weighted by Gasteiger charge is -2.34. The van der Waals surface area contributed by atoms with Gasteiger partial charge in [-0.1, -0.05) is 30.3 Å². The fourth-order valence-electron chi connectivity index (χ4n) is 3.73. The van der Waals surface area contributed by atoms with Gasteiger partial charge >= 0.3 is 0 Å². The first kappa shape index (κ1) is 17.9. The summed E-state index contributed by atoms with van der Waals surface area (Å²) in [5.74, 6) is 0.491. The van der Waals surface area contributed by atoms with Crippen molar-refractivity contribution in [2.45, 2.75) is 51.2 Å². The molecule has 5 nitrogen and oxygen atoms in total. The second-order valence-electron chi connectivity index (χ2n) is 7.19. The fraction of sp³-hybridized carbons (Fsp3) is 0.600. The Labute approximate surface area is 149 Å². The molecule has 1 aromatic rings. The molecule has 2 saturated heterocycles. The molecule has 0 saturated carbocycles. The van der Waals surface area contributed by atoms with Crippen LogP contribution in [-0.2, 0) is 20.7 Å². The van der Waals surface area contributed by atoms with Gasteiger partial charge in [0.1, 0.15) is 12.1 Å². The lowest BCUT2D eigenvalue weighted by atomic mass is 9.90. The molecular weight excluding hydrogens is 316 g/mol. The second-order valence-corrected chi connectivity index (χ2v) is 7.19. The number of benzene rings is 1. The number of carbonyl (C=O) groups excluding carboxylic acids is 2. The summed E-state index contributed by atoms with van der Waals surface area (Å²) in [4.78, 5) is 26.6. The summed E-state index contributed by atoms with van der Waals surface area (Å²) >= 11 is 0. The number of hydrogen-bond acceptors (Lipinski definition) is 3. The maximum absolute atomic E-state index is 12.6. The maximum Gasteiger partial charge on any atom is 0.249 e. The van der Waals surface area contributed by atoms with Crippen LogP contribution in [0.25, 0.3) is 0 Å². The van der Waals surface area contributed by atoms with Gasteiger partial charge in [-0.2, -0.15) is 0 Å². The molecule has 1 aromatic carbocycles. The molecule has 1 N–H and O–H groups in total. The third-order valence-electron chi connectivity index (χ3n) is 5.24. The van der Waals surface area contributed by atoms with Crippen molar-refractivity contribution in [3.8, 4) is 0 Å². The Morgan fingerprint density at radius 1 is 1.20 bits per heavy atom. The first-order valence-corrected chi connectivity index (χ1v) is 9.38. The Kier molecular flexibility index (Phi) is 6.08. The average molecular weight is 344 g/mol. The van der Waals surface area contributed by atoms with Crippen LogP contribution in [-0.4, -0.2) is 48.6 Å². The minimum atomic E-state index is -0.484. The molecule has 0 aliphatic carbocycles. The fourth-order valence-corrected chi connectivity index (χ4v) is 3.73. The van der Waals surface area contributed by atoms with Crippen LogP contribution in [0.3, 0.4) is 0 Å². The molecule has 0 radical (unpaired) electrons. The zero-order valence-electron chi connectivity index (χ0n) is 14.9. The van der Waals surface area contributed by atoms with Gasteiger partial charge in [0.15, 0.2) is 0 Å². The summed E-state index contributed by atoms with van der Waals surface area (Å²) in [7, 11) is 0. The number of piperidine rings is 1. The minimum Gasteiger partial charge on any atom is -0.368 e. The Bertz CT molecular complexity index is 576. The van der Waals surface area contributed by atoms with Gasteiger partial charge in [0.25, 0.3) is 0 Å². The number of nitrogens with zero attached hydrogens (tertiary/aromatic N) is 1. The third-order valence-corrected chi connectivity index (χ3v) is 5.24. The number of likely N-dealkylation sites (tertiary alicyclic amines) is 1. The Morgan fingerprint density at radius 3 is 2.56 bits per heavy atom. The molecule has 0 aromatic heterocycles. The minimum absolute atomic E-state index is 0.0181. The summed E-state index contributed by atoms with van der Waals surface area (Å²) < 4.78 is 5.37. The van der Waals surface area contributed by atoms with Gasteiger partial charge < -0.3 is 15.0 Å². The molecule has 2 atom stereocenters. The van der Waals surface area contributed by atoms with Crippen molar-refractivity contribution in [1.82, 2.24) is 10.2 Å². The highest BCUT2D eigenvalue weighted by molar-refractivity contribution is 5.89. The molecule has 25 heavy (non-hydrogen) atoms.